The number of carbonyl (C=O) groups excluding carboxylic acids is 2. The molecule has 546 valence electrons. The zero-order chi connectivity index (χ0) is 69.7. The SMILES string of the molecule is CC/C=C\C/C=C\C/C=C\C/C=C\C/C=C\C/C=C\C/C=C\C/C=C\C/C=C\C/C=C\C/C=C\CCCCCCCC(=O)OC(COC(=O)CCCCCCCCCCCCCCCCCCCC/C=C\C/C=C\C/C=C\CCCCCCC)COP(=O)(O)OCC[N+](C)(C)C. The van der Waals surface area contributed by atoms with E-state index < -0.39 is 26.5 Å². The summed E-state index contributed by atoms with van der Waals surface area (Å²) in [5.41, 5.74) is 0. The molecule has 0 amide bonds. The van der Waals surface area contributed by atoms with Gasteiger partial charge in [-0.15, -0.1) is 0 Å². The van der Waals surface area contributed by atoms with Crippen LogP contribution in [0.3, 0.4) is 0 Å². The number of rotatable bonds is 70. The van der Waals surface area contributed by atoms with E-state index in [0.717, 1.165) is 135 Å². The van der Waals surface area contributed by atoms with E-state index in [2.05, 4.69) is 184 Å². The van der Waals surface area contributed by atoms with E-state index in [9.17, 15) is 19.0 Å². The Kier molecular flexibility index (Phi) is 71.0. The van der Waals surface area contributed by atoms with Crippen LogP contribution in [0.25, 0.3) is 0 Å². The Morgan fingerprint density at radius 1 is 0.333 bits per heavy atom. The number of ether oxygens (including phenoxy) is 2. The number of hydrogen-bond acceptors (Lipinski definition) is 7. The molecule has 2 unspecified atom stereocenters. The Hall–Kier alpha value is -4.63. The van der Waals surface area contributed by atoms with Crippen LogP contribution in [0.4, 0.5) is 0 Å². The highest BCUT2D eigenvalue weighted by Crippen LogP contribution is 2.43. The van der Waals surface area contributed by atoms with Crippen LogP contribution in [0.1, 0.15) is 309 Å². The van der Waals surface area contributed by atoms with Gasteiger partial charge in [-0.3, -0.25) is 18.6 Å². The number of allylic oxidation sites excluding steroid dienone is 28. The summed E-state index contributed by atoms with van der Waals surface area (Å²) in [6.45, 7) is 4.29. The van der Waals surface area contributed by atoms with Crippen molar-refractivity contribution in [3.63, 3.8) is 0 Å². The fourth-order valence-corrected chi connectivity index (χ4v) is 11.1. The standard InChI is InChI=1S/C86H144NO8P/c1-6-8-10-12-14-16-18-20-22-24-26-28-30-32-34-36-38-40-41-42-43-44-45-47-49-51-53-55-57-59-61-63-65-67-69-71-73-75-77-79-86(89)95-84(83-94-96(90,91)93-81-80-87(3,4)5)82-92-85(88)78-76-74-72-70-68-66-64-62-60-58-56-54-52-50-48-46-39-37-35-33-31-29-27-25-23-21-19-17-15-13-11-9-7-2/h8,10,14,16,19-22,25-28,31-34,38,40,42-43,45,47,51,53,57,59,63,65,84H,6-7,9,11-13,15,17-18,23-24,29-30,35-37,39,41,44,46,48-50,52,54-56,58,60-62,64,66-83H2,1-5H3/p+1/b10-8-,16-14-,21-19-,22-20-,27-25-,28-26-,33-31-,34-32-,40-38-,43-42-,47-45-,53-51-,59-57-,65-63-. The molecule has 0 bridgehead atoms. The van der Waals surface area contributed by atoms with E-state index in [-0.39, 0.29) is 32.0 Å². The summed E-state index contributed by atoms with van der Waals surface area (Å²) in [5.74, 6) is -0.822. The van der Waals surface area contributed by atoms with Crippen molar-refractivity contribution in [3.05, 3.63) is 170 Å². The molecule has 0 spiro atoms. The molecule has 9 nitrogen and oxygen atoms in total. The minimum atomic E-state index is -4.41. The molecule has 2 atom stereocenters. The molecule has 0 saturated carbocycles. The first-order valence-electron chi connectivity index (χ1n) is 38.9. The Labute approximate surface area is 591 Å². The van der Waals surface area contributed by atoms with Gasteiger partial charge in [-0.1, -0.05) is 332 Å². The zero-order valence-corrected chi connectivity index (χ0v) is 63.2. The van der Waals surface area contributed by atoms with Crippen molar-refractivity contribution in [1.29, 1.82) is 0 Å². The van der Waals surface area contributed by atoms with Crippen molar-refractivity contribution >= 4 is 19.8 Å². The first kappa shape index (κ1) is 91.4. The van der Waals surface area contributed by atoms with E-state index >= 15 is 0 Å². The molecule has 0 heterocycles. The fourth-order valence-electron chi connectivity index (χ4n) is 10.3. The average Bonchev–Trinajstić information content (AvgIpc) is 1.98. The molecule has 0 saturated heterocycles. The number of unbranched alkanes of at least 4 members (excludes halogenated alkanes) is 28. The maximum absolute atomic E-state index is 12.9. The van der Waals surface area contributed by atoms with Crippen molar-refractivity contribution in [3.8, 4) is 0 Å². The van der Waals surface area contributed by atoms with Crippen molar-refractivity contribution < 1.29 is 42.1 Å². The van der Waals surface area contributed by atoms with Gasteiger partial charge in [-0.25, -0.2) is 4.57 Å². The minimum Gasteiger partial charge on any atom is -0.462 e. The molecule has 10 heteroatoms. The van der Waals surface area contributed by atoms with Crippen LogP contribution in [0.5, 0.6) is 0 Å². The van der Waals surface area contributed by atoms with Gasteiger partial charge in [0.1, 0.15) is 19.8 Å². The van der Waals surface area contributed by atoms with Gasteiger partial charge < -0.3 is 18.9 Å². The van der Waals surface area contributed by atoms with Gasteiger partial charge in [0.15, 0.2) is 6.10 Å². The summed E-state index contributed by atoms with van der Waals surface area (Å²) < 4.78 is 34.8. The molecule has 1 N–H and O–H groups in total. The predicted octanol–water partition coefficient (Wildman–Crippen LogP) is 26.1. The van der Waals surface area contributed by atoms with E-state index in [1.807, 2.05) is 21.1 Å². The monoisotopic (exact) mass is 1350 g/mol. The first-order valence-corrected chi connectivity index (χ1v) is 40.4. The molecule has 0 aliphatic heterocycles. The molecule has 0 fully saturated rings. The number of phosphoric acid groups is 1. The smallest absolute Gasteiger partial charge is 0.462 e. The van der Waals surface area contributed by atoms with Crippen LogP contribution in [0.2, 0.25) is 0 Å². The summed E-state index contributed by atoms with van der Waals surface area (Å²) in [6, 6.07) is 0. The normalized spacial score (nSPS) is 14.0. The summed E-state index contributed by atoms with van der Waals surface area (Å²) >= 11 is 0. The molecule has 0 rings (SSSR count). The lowest BCUT2D eigenvalue weighted by Gasteiger charge is -2.24. The highest BCUT2D eigenvalue weighted by molar-refractivity contribution is 7.47. The van der Waals surface area contributed by atoms with E-state index in [1.165, 1.54) is 141 Å². The number of hydrogen-bond donors (Lipinski definition) is 1. The second-order valence-electron chi connectivity index (χ2n) is 26.7. The second kappa shape index (κ2) is 74.6. The fraction of sp³-hybridized carbons (Fsp3) is 0.651. The van der Waals surface area contributed by atoms with Crippen LogP contribution in [-0.2, 0) is 32.7 Å². The highest BCUT2D eigenvalue weighted by Gasteiger charge is 2.27. The Morgan fingerprint density at radius 3 is 0.885 bits per heavy atom. The molecular formula is C86H145NO8P+. The Bertz CT molecular complexity index is 2230. The second-order valence-corrected chi connectivity index (χ2v) is 28.1. The number of quaternary nitrogens is 1. The molecule has 0 aromatic heterocycles. The number of phosphoric ester groups is 1. The Morgan fingerprint density at radius 2 is 0.594 bits per heavy atom. The summed E-state index contributed by atoms with van der Waals surface area (Å²) in [7, 11) is 1.45. The van der Waals surface area contributed by atoms with Gasteiger partial charge in [0.25, 0.3) is 0 Å². The summed E-state index contributed by atoms with van der Waals surface area (Å²) in [5, 5.41) is 0. The third-order valence-corrected chi connectivity index (χ3v) is 17.2. The number of likely N-dealkylation sites (N-methyl/N-ethyl adjacent to an activating group) is 1. The van der Waals surface area contributed by atoms with Crippen molar-refractivity contribution in [2.24, 2.45) is 0 Å². The third-order valence-electron chi connectivity index (χ3n) is 16.2. The van der Waals surface area contributed by atoms with Gasteiger partial charge >= 0.3 is 19.8 Å². The zero-order valence-electron chi connectivity index (χ0n) is 62.3. The lowest BCUT2D eigenvalue weighted by Crippen LogP contribution is -2.37. The van der Waals surface area contributed by atoms with E-state index in [1.54, 1.807) is 0 Å². The maximum Gasteiger partial charge on any atom is 0.472 e. The average molecular weight is 1350 g/mol. The predicted molar refractivity (Wildman–Crippen MR) is 417 cm³/mol. The minimum absolute atomic E-state index is 0.0200. The highest BCUT2D eigenvalue weighted by atomic mass is 31.2. The van der Waals surface area contributed by atoms with Crippen molar-refractivity contribution in [1.82, 2.24) is 0 Å². The lowest BCUT2D eigenvalue weighted by atomic mass is 10.0. The quantitative estimate of drug-likeness (QED) is 0.0211. The largest absolute Gasteiger partial charge is 0.472 e. The lowest BCUT2D eigenvalue weighted by molar-refractivity contribution is -0.870. The van der Waals surface area contributed by atoms with Crippen LogP contribution in [0, 0.1) is 0 Å². The summed E-state index contributed by atoms with van der Waals surface area (Å²) in [6.07, 6.45) is 113. The summed E-state index contributed by atoms with van der Waals surface area (Å²) in [4.78, 5) is 36.0. The molecule has 0 radical (unpaired) electrons. The van der Waals surface area contributed by atoms with Gasteiger partial charge in [0.2, 0.25) is 0 Å². The third kappa shape index (κ3) is 78.4. The number of esters is 2. The van der Waals surface area contributed by atoms with Crippen molar-refractivity contribution in [2.45, 2.75) is 315 Å². The van der Waals surface area contributed by atoms with Crippen LogP contribution < -0.4 is 0 Å². The molecule has 0 aromatic rings. The van der Waals surface area contributed by atoms with Gasteiger partial charge in [-0.2, -0.15) is 0 Å². The number of carbonyl (C=O) groups is 2. The van der Waals surface area contributed by atoms with Crippen molar-refractivity contribution in [2.75, 3.05) is 47.5 Å². The van der Waals surface area contributed by atoms with Gasteiger partial charge in [0, 0.05) is 12.8 Å². The molecule has 0 aliphatic rings. The van der Waals surface area contributed by atoms with Crippen LogP contribution in [-0.4, -0.2) is 74.9 Å². The molecule has 96 heavy (non-hydrogen) atoms. The van der Waals surface area contributed by atoms with E-state index in [0.29, 0.717) is 17.4 Å². The van der Waals surface area contributed by atoms with Crippen LogP contribution in [0.15, 0.2) is 170 Å². The first-order chi connectivity index (χ1) is 47.0. The van der Waals surface area contributed by atoms with Gasteiger partial charge in [-0.05, 0) is 135 Å². The molecule has 0 aromatic carbocycles. The van der Waals surface area contributed by atoms with Gasteiger partial charge in [0.05, 0.1) is 27.7 Å². The topological polar surface area (TPSA) is 108 Å². The maximum atomic E-state index is 12.9. The van der Waals surface area contributed by atoms with Crippen LogP contribution >= 0.6 is 7.82 Å². The molecular weight excluding hydrogens is 1210 g/mol. The Balaban J connectivity index is 4.10. The molecule has 0 aliphatic carbocycles. The van der Waals surface area contributed by atoms with E-state index in [4.69, 9.17) is 18.5 Å². The number of nitrogens with zero attached hydrogens (tertiary/aromatic N) is 1.